The van der Waals surface area contributed by atoms with Crippen molar-refractivity contribution < 1.29 is 9.53 Å². The van der Waals surface area contributed by atoms with Crippen molar-refractivity contribution in [3.05, 3.63) is 53.1 Å². The topological polar surface area (TPSA) is 64.3 Å². The molecular weight excluding hydrogens is 264 g/mol. The molecule has 0 saturated carbocycles. The van der Waals surface area contributed by atoms with Crippen LogP contribution in [0.15, 0.2) is 42.5 Å². The first-order valence-electron chi connectivity index (χ1n) is 5.60. The lowest BCUT2D eigenvalue weighted by Gasteiger charge is -2.10. The number of nitrogen functional groups attached to an aromatic ring is 1. The molecule has 1 amide bonds. The molecule has 0 spiro atoms. The lowest BCUT2D eigenvalue weighted by atomic mass is 10.2. The number of amides is 1. The number of carbonyl (C=O) groups is 1. The Morgan fingerprint density at radius 2 is 1.89 bits per heavy atom. The summed E-state index contributed by atoms with van der Waals surface area (Å²) in [6.07, 6.45) is 0. The van der Waals surface area contributed by atoms with Gasteiger partial charge in [-0.15, -0.1) is 0 Å². The van der Waals surface area contributed by atoms with E-state index in [1.165, 1.54) is 0 Å². The Morgan fingerprint density at radius 1 is 1.21 bits per heavy atom. The summed E-state index contributed by atoms with van der Waals surface area (Å²) in [6, 6.07) is 11.7. The number of methoxy groups -OCH3 is 1. The van der Waals surface area contributed by atoms with Crippen LogP contribution in [-0.2, 0) is 0 Å². The molecule has 2 aromatic carbocycles. The van der Waals surface area contributed by atoms with Crippen molar-refractivity contribution in [1.82, 2.24) is 0 Å². The highest BCUT2D eigenvalue weighted by molar-refractivity contribution is 6.30. The van der Waals surface area contributed by atoms with Gasteiger partial charge >= 0.3 is 0 Å². The minimum absolute atomic E-state index is 0.253. The third-order valence-electron chi connectivity index (χ3n) is 2.62. The van der Waals surface area contributed by atoms with E-state index in [0.29, 0.717) is 27.7 Å². The van der Waals surface area contributed by atoms with Crippen molar-refractivity contribution in [1.29, 1.82) is 0 Å². The van der Waals surface area contributed by atoms with Gasteiger partial charge in [-0.2, -0.15) is 0 Å². The van der Waals surface area contributed by atoms with Crippen molar-refractivity contribution in [2.24, 2.45) is 0 Å². The third kappa shape index (κ3) is 3.17. The number of ether oxygens (including phenoxy) is 1. The summed E-state index contributed by atoms with van der Waals surface area (Å²) in [4.78, 5) is 12.0. The minimum atomic E-state index is -0.253. The largest absolute Gasteiger partial charge is 0.497 e. The third-order valence-corrected chi connectivity index (χ3v) is 2.87. The molecule has 0 radical (unpaired) electrons. The van der Waals surface area contributed by atoms with E-state index in [-0.39, 0.29) is 5.91 Å². The van der Waals surface area contributed by atoms with Crippen LogP contribution in [0.5, 0.6) is 5.75 Å². The van der Waals surface area contributed by atoms with Gasteiger partial charge in [0.2, 0.25) is 0 Å². The number of rotatable bonds is 3. The van der Waals surface area contributed by atoms with Gasteiger partial charge in [-0.3, -0.25) is 4.79 Å². The normalized spacial score (nSPS) is 10.0. The molecule has 0 fully saturated rings. The maximum Gasteiger partial charge on any atom is 0.255 e. The highest BCUT2D eigenvalue weighted by Gasteiger charge is 2.08. The predicted molar refractivity (Wildman–Crippen MR) is 76.8 cm³/mol. The summed E-state index contributed by atoms with van der Waals surface area (Å²) in [5.74, 6) is 0.372. The molecule has 0 unspecified atom stereocenters. The quantitative estimate of drug-likeness (QED) is 0.846. The molecule has 0 aliphatic carbocycles. The Balaban J connectivity index is 2.21. The minimum Gasteiger partial charge on any atom is -0.497 e. The van der Waals surface area contributed by atoms with Crippen molar-refractivity contribution in [3.8, 4) is 5.75 Å². The van der Waals surface area contributed by atoms with E-state index < -0.39 is 0 Å². The summed E-state index contributed by atoms with van der Waals surface area (Å²) in [5, 5.41) is 3.31. The van der Waals surface area contributed by atoms with Gasteiger partial charge in [0.1, 0.15) is 5.75 Å². The highest BCUT2D eigenvalue weighted by Crippen LogP contribution is 2.25. The average molecular weight is 277 g/mol. The summed E-state index contributed by atoms with van der Waals surface area (Å²) in [7, 11) is 1.55. The highest BCUT2D eigenvalue weighted by atomic mass is 35.5. The molecule has 98 valence electrons. The summed E-state index contributed by atoms with van der Waals surface area (Å²) >= 11 is 5.77. The SMILES string of the molecule is COc1ccc(N)c(NC(=O)c2ccc(Cl)cc2)c1. The van der Waals surface area contributed by atoms with Crippen LogP contribution in [-0.4, -0.2) is 13.0 Å². The van der Waals surface area contributed by atoms with Crippen LogP contribution in [0.3, 0.4) is 0 Å². The van der Waals surface area contributed by atoms with Crippen LogP contribution in [0.25, 0.3) is 0 Å². The van der Waals surface area contributed by atoms with E-state index in [9.17, 15) is 4.79 Å². The molecule has 5 heteroatoms. The Hall–Kier alpha value is -2.20. The first-order chi connectivity index (χ1) is 9.10. The van der Waals surface area contributed by atoms with Gasteiger partial charge < -0.3 is 15.8 Å². The van der Waals surface area contributed by atoms with E-state index in [4.69, 9.17) is 22.1 Å². The van der Waals surface area contributed by atoms with E-state index >= 15 is 0 Å². The molecule has 0 aliphatic heterocycles. The van der Waals surface area contributed by atoms with Crippen molar-refractivity contribution in [2.75, 3.05) is 18.2 Å². The molecule has 0 aliphatic rings. The monoisotopic (exact) mass is 276 g/mol. The zero-order chi connectivity index (χ0) is 13.8. The van der Waals surface area contributed by atoms with Crippen LogP contribution < -0.4 is 15.8 Å². The fourth-order valence-electron chi connectivity index (χ4n) is 1.57. The Labute approximate surface area is 116 Å². The second-order valence-corrected chi connectivity index (χ2v) is 4.35. The lowest BCUT2D eigenvalue weighted by molar-refractivity contribution is 0.102. The predicted octanol–water partition coefficient (Wildman–Crippen LogP) is 3.18. The Bertz CT molecular complexity index is 597. The standard InChI is InChI=1S/C14H13ClN2O2/c1-19-11-6-7-12(16)13(8-11)17-14(18)9-2-4-10(15)5-3-9/h2-8H,16H2,1H3,(H,17,18). The fourth-order valence-corrected chi connectivity index (χ4v) is 1.69. The van der Waals surface area contributed by atoms with Crippen LogP contribution >= 0.6 is 11.6 Å². The molecule has 0 aromatic heterocycles. The van der Waals surface area contributed by atoms with E-state index in [2.05, 4.69) is 5.32 Å². The van der Waals surface area contributed by atoms with Crippen LogP contribution in [0.2, 0.25) is 5.02 Å². The number of carbonyl (C=O) groups excluding carboxylic acids is 1. The van der Waals surface area contributed by atoms with E-state index in [1.54, 1.807) is 49.6 Å². The zero-order valence-corrected chi connectivity index (χ0v) is 11.1. The second-order valence-electron chi connectivity index (χ2n) is 3.91. The van der Waals surface area contributed by atoms with Gasteiger partial charge in [0.15, 0.2) is 0 Å². The zero-order valence-electron chi connectivity index (χ0n) is 10.3. The van der Waals surface area contributed by atoms with Crippen molar-refractivity contribution in [2.45, 2.75) is 0 Å². The maximum atomic E-state index is 12.0. The molecule has 3 N–H and O–H groups in total. The second kappa shape index (κ2) is 5.63. The first-order valence-corrected chi connectivity index (χ1v) is 5.98. The summed E-state index contributed by atoms with van der Waals surface area (Å²) in [6.45, 7) is 0. The molecular formula is C14H13ClN2O2. The summed E-state index contributed by atoms with van der Waals surface area (Å²) in [5.41, 5.74) is 7.30. The van der Waals surface area contributed by atoms with Crippen LogP contribution in [0, 0.1) is 0 Å². The number of benzene rings is 2. The van der Waals surface area contributed by atoms with Gasteiger partial charge in [-0.05, 0) is 36.4 Å². The molecule has 19 heavy (non-hydrogen) atoms. The maximum absolute atomic E-state index is 12.0. The Morgan fingerprint density at radius 3 is 2.53 bits per heavy atom. The van der Waals surface area contributed by atoms with Crippen molar-refractivity contribution in [3.63, 3.8) is 0 Å². The average Bonchev–Trinajstić information content (AvgIpc) is 2.42. The number of halogens is 1. The molecule has 2 rings (SSSR count). The van der Waals surface area contributed by atoms with Gasteiger partial charge in [0.05, 0.1) is 18.5 Å². The first kappa shape index (κ1) is 13.2. The number of hydrogen-bond acceptors (Lipinski definition) is 3. The molecule has 0 atom stereocenters. The molecule has 0 bridgehead atoms. The number of hydrogen-bond donors (Lipinski definition) is 2. The van der Waals surface area contributed by atoms with E-state index in [0.717, 1.165) is 0 Å². The Kier molecular flexibility index (Phi) is 3.92. The van der Waals surface area contributed by atoms with Gasteiger partial charge in [0.25, 0.3) is 5.91 Å². The molecule has 0 saturated heterocycles. The van der Waals surface area contributed by atoms with Crippen molar-refractivity contribution >= 4 is 28.9 Å². The van der Waals surface area contributed by atoms with Gasteiger partial charge in [0, 0.05) is 16.7 Å². The smallest absolute Gasteiger partial charge is 0.255 e. The fraction of sp³-hybridized carbons (Fsp3) is 0.0714. The van der Waals surface area contributed by atoms with Gasteiger partial charge in [-0.25, -0.2) is 0 Å². The molecule has 4 nitrogen and oxygen atoms in total. The number of nitrogens with one attached hydrogen (secondary N) is 1. The summed E-state index contributed by atoms with van der Waals surface area (Å²) < 4.78 is 5.09. The molecule has 0 heterocycles. The van der Waals surface area contributed by atoms with Crippen LogP contribution in [0.4, 0.5) is 11.4 Å². The van der Waals surface area contributed by atoms with Crippen LogP contribution in [0.1, 0.15) is 10.4 Å². The number of anilines is 2. The lowest BCUT2D eigenvalue weighted by Crippen LogP contribution is -2.13. The molecule has 2 aromatic rings. The van der Waals surface area contributed by atoms with Gasteiger partial charge in [-0.1, -0.05) is 11.6 Å². The van der Waals surface area contributed by atoms with E-state index in [1.807, 2.05) is 0 Å². The number of nitrogens with two attached hydrogens (primary N) is 1.